The van der Waals surface area contributed by atoms with Gasteiger partial charge in [-0.1, -0.05) is 35.5 Å². The topological polar surface area (TPSA) is 88.2 Å². The van der Waals surface area contributed by atoms with E-state index in [2.05, 4.69) is 5.16 Å². The Hall–Kier alpha value is -2.08. The average molecular weight is 277 g/mol. The summed E-state index contributed by atoms with van der Waals surface area (Å²) in [6.45, 7) is 3.45. The minimum atomic E-state index is -0.762. The molecule has 2 atom stereocenters. The van der Waals surface area contributed by atoms with E-state index in [4.69, 9.17) is 15.7 Å². The van der Waals surface area contributed by atoms with Crippen LogP contribution in [0.1, 0.15) is 18.4 Å². The van der Waals surface area contributed by atoms with Gasteiger partial charge in [-0.25, -0.2) is 0 Å². The molecule has 1 aromatic carbocycles. The summed E-state index contributed by atoms with van der Waals surface area (Å²) in [5.74, 6) is -1.02. The van der Waals surface area contributed by atoms with Gasteiger partial charge in [-0.3, -0.25) is 4.79 Å². The molecule has 0 saturated carbocycles. The Morgan fingerprint density at radius 3 is 2.80 bits per heavy atom. The maximum atomic E-state index is 12.7. The van der Waals surface area contributed by atoms with Crippen LogP contribution in [0, 0.1) is 0 Å². The smallest absolute Gasteiger partial charge is 0.238 e. The van der Waals surface area contributed by atoms with Gasteiger partial charge in [0, 0.05) is 6.54 Å². The molecule has 0 aliphatic carbocycles. The quantitative estimate of drug-likeness (QED) is 0.369. The molecule has 1 aliphatic rings. The summed E-state index contributed by atoms with van der Waals surface area (Å²) < 4.78 is 5.33. The summed E-state index contributed by atoms with van der Waals surface area (Å²) in [6, 6.07) is 9.08. The van der Waals surface area contributed by atoms with Crippen LogP contribution in [0.4, 0.5) is 0 Å². The van der Waals surface area contributed by atoms with Crippen LogP contribution in [-0.4, -0.2) is 47.7 Å². The molecule has 1 aromatic rings. The molecule has 0 bridgehead atoms. The molecule has 1 aliphatic heterocycles. The first kappa shape index (κ1) is 14.3. The van der Waals surface area contributed by atoms with Crippen molar-refractivity contribution in [2.75, 3.05) is 19.8 Å². The van der Waals surface area contributed by atoms with Gasteiger partial charge in [0.05, 0.1) is 19.3 Å². The lowest BCUT2D eigenvalue weighted by Crippen LogP contribution is -2.50. The Balaban J connectivity index is 2.29. The van der Waals surface area contributed by atoms with Crippen LogP contribution in [0.3, 0.4) is 0 Å². The van der Waals surface area contributed by atoms with Crippen molar-refractivity contribution in [1.82, 2.24) is 4.90 Å². The molecule has 1 amide bonds. The number of benzene rings is 1. The Morgan fingerprint density at radius 1 is 1.50 bits per heavy atom. The number of hydrogen-bond acceptors (Lipinski definition) is 4. The van der Waals surface area contributed by atoms with Crippen molar-refractivity contribution in [3.05, 3.63) is 35.9 Å². The van der Waals surface area contributed by atoms with Crippen LogP contribution in [0.15, 0.2) is 35.5 Å². The van der Waals surface area contributed by atoms with Crippen molar-refractivity contribution in [3.63, 3.8) is 0 Å². The van der Waals surface area contributed by atoms with E-state index in [1.54, 1.807) is 17.0 Å². The van der Waals surface area contributed by atoms with Gasteiger partial charge in [0.2, 0.25) is 5.91 Å². The predicted molar refractivity (Wildman–Crippen MR) is 74.6 cm³/mol. The van der Waals surface area contributed by atoms with E-state index in [1.807, 2.05) is 25.1 Å². The Bertz CT molecular complexity index is 490. The van der Waals surface area contributed by atoms with E-state index in [1.165, 1.54) is 0 Å². The number of ether oxygens (including phenoxy) is 1. The van der Waals surface area contributed by atoms with Crippen LogP contribution >= 0.6 is 0 Å². The van der Waals surface area contributed by atoms with E-state index in [0.717, 1.165) is 0 Å². The minimum Gasteiger partial charge on any atom is -0.409 e. The molecular formula is C14H19N3O3. The standard InChI is InChI=1S/C14H19N3O3/c1-10-9-20-8-7-17(10)14(18)12(13(15)16-19)11-5-3-2-4-6-11/h2-6,10,12,19H,7-9H2,1H3,(H2,15,16). The minimum absolute atomic E-state index is 0.0195. The average Bonchev–Trinajstić information content (AvgIpc) is 2.48. The summed E-state index contributed by atoms with van der Waals surface area (Å²) in [5.41, 5.74) is 6.44. The second-order valence-corrected chi connectivity index (χ2v) is 4.82. The van der Waals surface area contributed by atoms with Crippen LogP contribution in [0.2, 0.25) is 0 Å². The molecule has 0 spiro atoms. The van der Waals surface area contributed by atoms with Gasteiger partial charge in [0.1, 0.15) is 5.92 Å². The van der Waals surface area contributed by atoms with Crippen molar-refractivity contribution in [2.24, 2.45) is 10.9 Å². The van der Waals surface area contributed by atoms with Crippen molar-refractivity contribution in [1.29, 1.82) is 0 Å². The van der Waals surface area contributed by atoms with Gasteiger partial charge in [-0.05, 0) is 12.5 Å². The third kappa shape index (κ3) is 2.91. The highest BCUT2D eigenvalue weighted by molar-refractivity contribution is 6.07. The van der Waals surface area contributed by atoms with Crippen LogP contribution in [0.5, 0.6) is 0 Å². The Morgan fingerprint density at radius 2 is 2.20 bits per heavy atom. The van der Waals surface area contributed by atoms with Gasteiger partial charge in [0.15, 0.2) is 5.84 Å². The number of nitrogens with zero attached hydrogens (tertiary/aromatic N) is 2. The van der Waals surface area contributed by atoms with E-state index in [9.17, 15) is 4.79 Å². The fraction of sp³-hybridized carbons (Fsp3) is 0.429. The second kappa shape index (κ2) is 6.38. The maximum absolute atomic E-state index is 12.7. The molecule has 1 heterocycles. The monoisotopic (exact) mass is 277 g/mol. The molecule has 2 rings (SSSR count). The van der Waals surface area contributed by atoms with Crippen LogP contribution in [-0.2, 0) is 9.53 Å². The highest BCUT2D eigenvalue weighted by Crippen LogP contribution is 2.21. The number of carbonyl (C=O) groups is 1. The summed E-state index contributed by atoms with van der Waals surface area (Å²) >= 11 is 0. The molecule has 6 heteroatoms. The van der Waals surface area contributed by atoms with E-state index in [0.29, 0.717) is 25.3 Å². The summed E-state index contributed by atoms with van der Waals surface area (Å²) in [4.78, 5) is 14.4. The molecule has 1 saturated heterocycles. The summed E-state index contributed by atoms with van der Waals surface area (Å²) in [5, 5.41) is 12.0. The zero-order valence-electron chi connectivity index (χ0n) is 11.4. The molecule has 1 fully saturated rings. The third-order valence-corrected chi connectivity index (χ3v) is 3.44. The molecule has 2 unspecified atom stereocenters. The van der Waals surface area contributed by atoms with Crippen LogP contribution < -0.4 is 5.73 Å². The van der Waals surface area contributed by atoms with Crippen molar-refractivity contribution in [3.8, 4) is 0 Å². The van der Waals surface area contributed by atoms with Gasteiger partial charge in [-0.15, -0.1) is 0 Å². The summed E-state index contributed by atoms with van der Waals surface area (Å²) in [7, 11) is 0. The van der Waals surface area contributed by atoms with Gasteiger partial charge < -0.3 is 20.6 Å². The first-order valence-electron chi connectivity index (χ1n) is 6.55. The fourth-order valence-corrected chi connectivity index (χ4v) is 2.36. The van der Waals surface area contributed by atoms with Crippen LogP contribution in [0.25, 0.3) is 0 Å². The molecule has 6 nitrogen and oxygen atoms in total. The lowest BCUT2D eigenvalue weighted by Gasteiger charge is -2.35. The van der Waals surface area contributed by atoms with Gasteiger partial charge in [0.25, 0.3) is 0 Å². The number of rotatable bonds is 3. The first-order chi connectivity index (χ1) is 9.65. The van der Waals surface area contributed by atoms with Crippen molar-refractivity contribution < 1.29 is 14.7 Å². The lowest BCUT2D eigenvalue weighted by atomic mass is 9.95. The lowest BCUT2D eigenvalue weighted by molar-refractivity contribution is -0.139. The third-order valence-electron chi connectivity index (χ3n) is 3.44. The molecule has 0 aromatic heterocycles. The number of hydrogen-bond donors (Lipinski definition) is 2. The number of amides is 1. The van der Waals surface area contributed by atoms with Gasteiger partial charge >= 0.3 is 0 Å². The molecule has 20 heavy (non-hydrogen) atoms. The SMILES string of the molecule is CC1COCCN1C(=O)C(C(N)=NO)c1ccccc1. The number of nitrogens with two attached hydrogens (primary N) is 1. The first-order valence-corrected chi connectivity index (χ1v) is 6.55. The largest absolute Gasteiger partial charge is 0.409 e. The second-order valence-electron chi connectivity index (χ2n) is 4.82. The number of morpholine rings is 1. The highest BCUT2D eigenvalue weighted by Gasteiger charge is 2.33. The predicted octanol–water partition coefficient (Wildman–Crippen LogP) is 0.764. The highest BCUT2D eigenvalue weighted by atomic mass is 16.5. The molecule has 108 valence electrons. The zero-order chi connectivity index (χ0) is 14.5. The Labute approximate surface area is 117 Å². The Kier molecular flexibility index (Phi) is 4.57. The number of amidine groups is 1. The van der Waals surface area contributed by atoms with Crippen molar-refractivity contribution >= 4 is 11.7 Å². The maximum Gasteiger partial charge on any atom is 0.238 e. The van der Waals surface area contributed by atoms with E-state index < -0.39 is 5.92 Å². The molecular weight excluding hydrogens is 258 g/mol. The van der Waals surface area contributed by atoms with Gasteiger partial charge in [-0.2, -0.15) is 0 Å². The number of carbonyl (C=O) groups excluding carboxylic acids is 1. The zero-order valence-corrected chi connectivity index (χ0v) is 11.4. The normalized spacial score (nSPS) is 21.6. The van der Waals surface area contributed by atoms with E-state index >= 15 is 0 Å². The van der Waals surface area contributed by atoms with E-state index in [-0.39, 0.29) is 17.8 Å². The van der Waals surface area contributed by atoms with Crippen molar-refractivity contribution in [2.45, 2.75) is 18.9 Å². The summed E-state index contributed by atoms with van der Waals surface area (Å²) in [6.07, 6.45) is 0. The molecule has 3 N–H and O–H groups in total. The molecule has 0 radical (unpaired) electrons. The fourth-order valence-electron chi connectivity index (χ4n) is 2.36. The number of oxime groups is 1.